The summed E-state index contributed by atoms with van der Waals surface area (Å²) >= 11 is 0. The Labute approximate surface area is 118 Å². The Bertz CT molecular complexity index is 491. The Morgan fingerprint density at radius 2 is 2.30 bits per heavy atom. The number of nitrogens with zero attached hydrogens (tertiary/aromatic N) is 2. The van der Waals surface area contributed by atoms with Crippen LogP contribution in [0.15, 0.2) is 18.2 Å². The molecule has 1 unspecified atom stereocenters. The molecule has 1 atom stereocenters. The average Bonchev–Trinajstić information content (AvgIpc) is 2.86. The number of anilines is 1. The van der Waals surface area contributed by atoms with Crippen LogP contribution >= 0.6 is 0 Å². The molecule has 1 aliphatic heterocycles. The van der Waals surface area contributed by atoms with Crippen LogP contribution in [0.1, 0.15) is 20.3 Å². The van der Waals surface area contributed by atoms with Gasteiger partial charge >= 0.3 is 5.69 Å². The van der Waals surface area contributed by atoms with Gasteiger partial charge in [0.05, 0.1) is 11.0 Å². The van der Waals surface area contributed by atoms with E-state index in [9.17, 15) is 10.1 Å². The van der Waals surface area contributed by atoms with Crippen LogP contribution in [0.4, 0.5) is 11.4 Å². The van der Waals surface area contributed by atoms with Crippen molar-refractivity contribution in [2.75, 3.05) is 24.5 Å². The maximum absolute atomic E-state index is 11.4. The Balaban J connectivity index is 2.35. The summed E-state index contributed by atoms with van der Waals surface area (Å²) in [5.74, 6) is 0.739. The number of ether oxygens (including phenoxy) is 1. The van der Waals surface area contributed by atoms with E-state index < -0.39 is 0 Å². The molecule has 0 radical (unpaired) electrons. The summed E-state index contributed by atoms with van der Waals surface area (Å²) in [6.45, 7) is 5.90. The van der Waals surface area contributed by atoms with Crippen molar-refractivity contribution in [1.29, 1.82) is 0 Å². The smallest absolute Gasteiger partial charge is 0.333 e. The van der Waals surface area contributed by atoms with Gasteiger partial charge in [0.25, 0.3) is 0 Å². The molecule has 2 rings (SSSR count). The maximum Gasteiger partial charge on any atom is 0.333 e. The summed E-state index contributed by atoms with van der Waals surface area (Å²) in [7, 11) is 0. The number of nitrogens with two attached hydrogens (primary N) is 1. The van der Waals surface area contributed by atoms with E-state index in [1.807, 2.05) is 18.7 Å². The second-order valence-electron chi connectivity index (χ2n) is 5.38. The highest BCUT2D eigenvalue weighted by molar-refractivity contribution is 5.70. The molecule has 20 heavy (non-hydrogen) atoms. The van der Waals surface area contributed by atoms with Crippen molar-refractivity contribution in [3.05, 3.63) is 28.3 Å². The number of para-hydroxylation sites is 1. The van der Waals surface area contributed by atoms with E-state index in [4.69, 9.17) is 10.5 Å². The molecule has 1 aliphatic rings. The third-order valence-electron chi connectivity index (χ3n) is 3.48. The van der Waals surface area contributed by atoms with E-state index >= 15 is 0 Å². The average molecular weight is 279 g/mol. The number of hydrogen-bond acceptors (Lipinski definition) is 5. The summed E-state index contributed by atoms with van der Waals surface area (Å²) in [6.07, 6.45) is 0.877. The molecule has 0 spiro atoms. The molecule has 1 heterocycles. The molecule has 6 nitrogen and oxygen atoms in total. The zero-order valence-corrected chi connectivity index (χ0v) is 11.9. The predicted molar refractivity (Wildman–Crippen MR) is 78.2 cm³/mol. The molecule has 1 fully saturated rings. The van der Waals surface area contributed by atoms with Crippen molar-refractivity contribution in [2.24, 2.45) is 11.7 Å². The minimum absolute atomic E-state index is 0.0545. The fourth-order valence-corrected chi connectivity index (χ4v) is 2.54. The largest absolute Gasteiger partial charge is 0.484 e. The zero-order chi connectivity index (χ0) is 14.7. The highest BCUT2D eigenvalue weighted by atomic mass is 16.6. The molecule has 110 valence electrons. The molecule has 0 amide bonds. The molecular weight excluding hydrogens is 258 g/mol. The fraction of sp³-hybridized carbons (Fsp3) is 0.571. The van der Waals surface area contributed by atoms with Crippen molar-refractivity contribution >= 4 is 11.4 Å². The third kappa shape index (κ3) is 3.01. The van der Waals surface area contributed by atoms with Gasteiger partial charge in [-0.1, -0.05) is 6.07 Å². The first-order valence-electron chi connectivity index (χ1n) is 6.92. The Kier molecular flexibility index (Phi) is 4.44. The Hall–Kier alpha value is -1.82. The molecule has 6 heteroatoms. The number of nitro groups is 1. The van der Waals surface area contributed by atoms with E-state index in [-0.39, 0.29) is 16.7 Å². The van der Waals surface area contributed by atoms with Crippen molar-refractivity contribution in [3.63, 3.8) is 0 Å². The quantitative estimate of drug-likeness (QED) is 0.660. The number of benzene rings is 1. The minimum atomic E-state index is -0.358. The minimum Gasteiger partial charge on any atom is -0.484 e. The van der Waals surface area contributed by atoms with Crippen LogP contribution < -0.4 is 15.4 Å². The van der Waals surface area contributed by atoms with Gasteiger partial charge in [0.1, 0.15) is 5.69 Å². The molecule has 0 saturated carbocycles. The lowest BCUT2D eigenvalue weighted by Gasteiger charge is -2.20. The van der Waals surface area contributed by atoms with Crippen LogP contribution in [0.3, 0.4) is 0 Å². The van der Waals surface area contributed by atoms with Crippen LogP contribution in [0.2, 0.25) is 0 Å². The van der Waals surface area contributed by atoms with E-state index in [2.05, 4.69) is 0 Å². The van der Waals surface area contributed by atoms with Gasteiger partial charge in [-0.25, -0.2) is 0 Å². The van der Waals surface area contributed by atoms with E-state index in [1.54, 1.807) is 18.2 Å². The van der Waals surface area contributed by atoms with Gasteiger partial charge in [0.15, 0.2) is 5.75 Å². The van der Waals surface area contributed by atoms with Crippen LogP contribution in [0.25, 0.3) is 0 Å². The lowest BCUT2D eigenvalue weighted by atomic mass is 10.1. The molecule has 1 saturated heterocycles. The SMILES string of the molecule is CC(C)Oc1cccc(N2CCC(CN)C2)c1[N+](=O)[O-]. The molecule has 1 aromatic rings. The summed E-state index contributed by atoms with van der Waals surface area (Å²) in [4.78, 5) is 13.1. The molecule has 2 N–H and O–H groups in total. The second kappa shape index (κ2) is 6.09. The van der Waals surface area contributed by atoms with Gasteiger partial charge in [-0.15, -0.1) is 0 Å². The molecule has 1 aromatic carbocycles. The first kappa shape index (κ1) is 14.6. The molecule has 0 aliphatic carbocycles. The summed E-state index contributed by atoms with van der Waals surface area (Å²) < 4.78 is 5.57. The molecule has 0 bridgehead atoms. The summed E-state index contributed by atoms with van der Waals surface area (Å²) in [5.41, 5.74) is 6.37. The zero-order valence-electron chi connectivity index (χ0n) is 11.9. The van der Waals surface area contributed by atoms with Crippen molar-refractivity contribution in [2.45, 2.75) is 26.4 Å². The van der Waals surface area contributed by atoms with Crippen molar-refractivity contribution in [3.8, 4) is 5.75 Å². The summed E-state index contributed by atoms with van der Waals surface area (Å²) in [6, 6.07) is 5.23. The normalized spacial score (nSPS) is 18.6. The Morgan fingerprint density at radius 1 is 1.55 bits per heavy atom. The molecular formula is C14H21N3O3. The number of rotatable bonds is 5. The van der Waals surface area contributed by atoms with Gasteiger partial charge in [0.2, 0.25) is 0 Å². The lowest BCUT2D eigenvalue weighted by Crippen LogP contribution is -2.23. The second-order valence-corrected chi connectivity index (χ2v) is 5.38. The van der Waals surface area contributed by atoms with Gasteiger partial charge in [-0.2, -0.15) is 0 Å². The van der Waals surface area contributed by atoms with Gasteiger partial charge in [-0.05, 0) is 44.9 Å². The predicted octanol–water partition coefficient (Wildman–Crippen LogP) is 2.17. The van der Waals surface area contributed by atoms with Crippen LogP contribution in [-0.4, -0.2) is 30.7 Å². The standard InChI is InChI=1S/C14H21N3O3/c1-10(2)20-13-5-3-4-12(14(13)17(18)19)16-7-6-11(8-15)9-16/h3-5,10-11H,6-9,15H2,1-2H3. The van der Waals surface area contributed by atoms with Crippen LogP contribution in [0.5, 0.6) is 5.75 Å². The number of hydrogen-bond donors (Lipinski definition) is 1. The van der Waals surface area contributed by atoms with Crippen LogP contribution in [0, 0.1) is 16.0 Å². The van der Waals surface area contributed by atoms with E-state index in [0.29, 0.717) is 23.9 Å². The van der Waals surface area contributed by atoms with Crippen molar-refractivity contribution in [1.82, 2.24) is 0 Å². The first-order chi connectivity index (χ1) is 9.52. The monoisotopic (exact) mass is 279 g/mol. The van der Waals surface area contributed by atoms with Crippen LogP contribution in [-0.2, 0) is 0 Å². The highest BCUT2D eigenvalue weighted by Gasteiger charge is 2.29. The van der Waals surface area contributed by atoms with E-state index in [1.165, 1.54) is 0 Å². The maximum atomic E-state index is 11.4. The van der Waals surface area contributed by atoms with E-state index in [0.717, 1.165) is 19.5 Å². The van der Waals surface area contributed by atoms with Gasteiger partial charge in [-0.3, -0.25) is 10.1 Å². The summed E-state index contributed by atoms with van der Waals surface area (Å²) in [5, 5.41) is 11.4. The topological polar surface area (TPSA) is 81.6 Å². The van der Waals surface area contributed by atoms with Gasteiger partial charge in [0, 0.05) is 13.1 Å². The highest BCUT2D eigenvalue weighted by Crippen LogP contribution is 2.39. The van der Waals surface area contributed by atoms with Gasteiger partial charge < -0.3 is 15.4 Å². The Morgan fingerprint density at radius 3 is 2.85 bits per heavy atom. The number of nitro benzene ring substituents is 1. The third-order valence-corrected chi connectivity index (χ3v) is 3.48. The molecule has 0 aromatic heterocycles. The fourth-order valence-electron chi connectivity index (χ4n) is 2.54. The van der Waals surface area contributed by atoms with Crippen molar-refractivity contribution < 1.29 is 9.66 Å². The first-order valence-corrected chi connectivity index (χ1v) is 6.92. The lowest BCUT2D eigenvalue weighted by molar-refractivity contribution is -0.385.